The number of esters is 1. The van der Waals surface area contributed by atoms with Crippen molar-refractivity contribution in [2.75, 3.05) is 0 Å². The zero-order valence-corrected chi connectivity index (χ0v) is 19.4. The van der Waals surface area contributed by atoms with Crippen LogP contribution >= 0.6 is 0 Å². The first-order chi connectivity index (χ1) is 15.1. The summed E-state index contributed by atoms with van der Waals surface area (Å²) in [6.45, 7) is 5.94. The van der Waals surface area contributed by atoms with Crippen molar-refractivity contribution in [1.82, 2.24) is 0 Å². The lowest BCUT2D eigenvalue weighted by Crippen LogP contribution is -2.62. The molecule has 5 rings (SSSR count). The molecule has 0 aliphatic heterocycles. The maximum atomic E-state index is 12.5. The van der Waals surface area contributed by atoms with Crippen LogP contribution in [0.5, 0.6) is 0 Å². The molecule has 0 radical (unpaired) electrons. The Labute approximate surface area is 189 Å². The number of hydrogen-bond acceptors (Lipinski definition) is 6. The normalized spacial score (nSPS) is 47.8. The van der Waals surface area contributed by atoms with Crippen molar-refractivity contribution >= 4 is 5.97 Å². The van der Waals surface area contributed by atoms with E-state index in [2.05, 4.69) is 13.8 Å². The van der Waals surface area contributed by atoms with Gasteiger partial charge in [-0.05, 0) is 79.7 Å². The van der Waals surface area contributed by atoms with Gasteiger partial charge < -0.3 is 19.4 Å². The van der Waals surface area contributed by atoms with Crippen LogP contribution in [0.3, 0.4) is 0 Å². The Morgan fingerprint density at radius 1 is 1.12 bits per heavy atom. The number of aliphatic hydroxyl groups excluding tert-OH is 1. The van der Waals surface area contributed by atoms with Gasteiger partial charge in [0.05, 0.1) is 18.0 Å². The highest BCUT2D eigenvalue weighted by Gasteiger charge is 2.70. The molecule has 0 unspecified atom stereocenters. The van der Waals surface area contributed by atoms with E-state index in [1.165, 1.54) is 19.3 Å². The number of fused-ring (bicyclic) bond motifs is 5. The summed E-state index contributed by atoms with van der Waals surface area (Å²) >= 11 is 0. The van der Waals surface area contributed by atoms with Gasteiger partial charge in [0.1, 0.15) is 6.10 Å². The van der Waals surface area contributed by atoms with Crippen molar-refractivity contribution in [1.29, 1.82) is 0 Å². The fraction of sp³-hybridized carbons (Fsp3) is 0.769. The zero-order chi connectivity index (χ0) is 22.9. The summed E-state index contributed by atoms with van der Waals surface area (Å²) in [5.41, 5.74) is -0.903. The van der Waals surface area contributed by atoms with Gasteiger partial charge in [-0.25, -0.2) is 4.79 Å². The Balaban J connectivity index is 1.55. The molecule has 4 saturated carbocycles. The first kappa shape index (κ1) is 22.1. The quantitative estimate of drug-likeness (QED) is 0.674. The highest BCUT2D eigenvalue weighted by molar-refractivity contribution is 5.66. The first-order valence-corrected chi connectivity index (χ1v) is 12.2. The van der Waals surface area contributed by atoms with Crippen molar-refractivity contribution < 1.29 is 24.2 Å². The Hall–Kier alpha value is -1.66. The molecule has 1 aromatic rings. The maximum Gasteiger partial charge on any atom is 0.335 e. The van der Waals surface area contributed by atoms with Crippen LogP contribution in [0.25, 0.3) is 0 Å². The van der Waals surface area contributed by atoms with E-state index >= 15 is 0 Å². The molecule has 0 amide bonds. The van der Waals surface area contributed by atoms with Gasteiger partial charge in [0.15, 0.2) is 0 Å². The average Bonchev–Trinajstić information content (AvgIpc) is 2.95. The van der Waals surface area contributed by atoms with Crippen LogP contribution in [0.1, 0.15) is 83.6 Å². The van der Waals surface area contributed by atoms with Crippen LogP contribution in [0.2, 0.25) is 0 Å². The monoisotopic (exact) mass is 444 g/mol. The molecule has 32 heavy (non-hydrogen) atoms. The average molecular weight is 445 g/mol. The predicted molar refractivity (Wildman–Crippen MR) is 118 cm³/mol. The molecule has 1 aromatic heterocycles. The third kappa shape index (κ3) is 3.05. The number of hydrogen-bond donors (Lipinski definition) is 2. The van der Waals surface area contributed by atoms with Crippen molar-refractivity contribution in [3.05, 3.63) is 34.4 Å². The molecule has 4 aliphatic carbocycles. The minimum Gasteiger partial charge on any atom is -0.462 e. The lowest BCUT2D eigenvalue weighted by molar-refractivity contribution is -0.205. The van der Waals surface area contributed by atoms with Crippen LogP contribution < -0.4 is 5.63 Å². The van der Waals surface area contributed by atoms with Crippen molar-refractivity contribution in [3.8, 4) is 0 Å². The SMILES string of the molecule is CC(=O)O[C@H]1C[C@]2(O)[C@H]3CC[C@H]4C[C@@H](O)CC[C@]4(C)[C@@H]3CC[C@]2(C)[C@H]1c1ccc(=O)oc1. The smallest absolute Gasteiger partial charge is 0.335 e. The second kappa shape index (κ2) is 7.42. The molecule has 6 heteroatoms. The molecule has 0 saturated heterocycles. The second-order valence-corrected chi connectivity index (χ2v) is 11.5. The topological polar surface area (TPSA) is 97.0 Å². The predicted octanol–water partition coefficient (Wildman–Crippen LogP) is 3.78. The minimum absolute atomic E-state index is 0.133. The standard InChI is InChI=1S/C26H36O6/c1-15(27)32-21-13-26(30)20-6-5-17-12-18(28)8-10-24(17,2)19(20)9-11-25(26,3)23(21)16-4-7-22(29)31-14-16/h4,7,14,17-21,23,28,30H,5-6,8-13H2,1-3H3/t17-,18-,19+,20-,21-,23-,24-,25+,26-/m0/s1. The van der Waals surface area contributed by atoms with Gasteiger partial charge in [-0.15, -0.1) is 0 Å². The molecule has 0 spiro atoms. The Morgan fingerprint density at radius 3 is 2.59 bits per heavy atom. The van der Waals surface area contributed by atoms with E-state index in [0.29, 0.717) is 18.3 Å². The lowest BCUT2D eigenvalue weighted by atomic mass is 9.43. The summed E-state index contributed by atoms with van der Waals surface area (Å²) in [5, 5.41) is 22.7. The van der Waals surface area contributed by atoms with E-state index in [-0.39, 0.29) is 29.3 Å². The van der Waals surface area contributed by atoms with Gasteiger partial charge in [-0.2, -0.15) is 0 Å². The molecule has 0 bridgehead atoms. The van der Waals surface area contributed by atoms with Gasteiger partial charge in [0, 0.05) is 30.7 Å². The van der Waals surface area contributed by atoms with Crippen molar-refractivity contribution in [3.63, 3.8) is 0 Å². The van der Waals surface area contributed by atoms with E-state index in [1.54, 1.807) is 6.07 Å². The third-order valence-corrected chi connectivity index (χ3v) is 10.2. The first-order valence-electron chi connectivity index (χ1n) is 12.2. The minimum atomic E-state index is -0.957. The molecule has 4 fully saturated rings. The Bertz CT molecular complexity index is 935. The van der Waals surface area contributed by atoms with Gasteiger partial charge in [0.2, 0.25) is 0 Å². The number of aliphatic hydroxyl groups is 2. The summed E-state index contributed by atoms with van der Waals surface area (Å²) in [6, 6.07) is 3.17. The fourth-order valence-corrected chi connectivity index (χ4v) is 8.67. The van der Waals surface area contributed by atoms with Crippen LogP contribution in [0.15, 0.2) is 27.6 Å². The summed E-state index contributed by atoms with van der Waals surface area (Å²) in [6.07, 6.45) is 7.78. The zero-order valence-electron chi connectivity index (χ0n) is 19.4. The molecule has 9 atom stereocenters. The summed E-state index contributed by atoms with van der Waals surface area (Å²) in [5.74, 6) is 0.469. The van der Waals surface area contributed by atoms with Crippen molar-refractivity contribution in [2.45, 2.75) is 95.9 Å². The largest absolute Gasteiger partial charge is 0.462 e. The third-order valence-electron chi connectivity index (χ3n) is 10.2. The lowest BCUT2D eigenvalue weighted by Gasteiger charge is -2.63. The number of ether oxygens (including phenoxy) is 1. The van der Waals surface area contributed by atoms with E-state index in [4.69, 9.17) is 9.15 Å². The number of rotatable bonds is 2. The molecule has 0 aromatic carbocycles. The Morgan fingerprint density at radius 2 is 1.91 bits per heavy atom. The van der Waals surface area contributed by atoms with Gasteiger partial charge in [-0.3, -0.25) is 4.79 Å². The summed E-state index contributed by atoms with van der Waals surface area (Å²) in [4.78, 5) is 23.6. The second-order valence-electron chi connectivity index (χ2n) is 11.5. The highest BCUT2D eigenvalue weighted by atomic mass is 16.5. The fourth-order valence-electron chi connectivity index (χ4n) is 8.67. The summed E-state index contributed by atoms with van der Waals surface area (Å²) in [7, 11) is 0. The van der Waals surface area contributed by atoms with Gasteiger partial charge >= 0.3 is 11.6 Å². The van der Waals surface area contributed by atoms with E-state index in [9.17, 15) is 19.8 Å². The maximum absolute atomic E-state index is 12.5. The van der Waals surface area contributed by atoms with Crippen LogP contribution in [-0.4, -0.2) is 34.0 Å². The van der Waals surface area contributed by atoms with Gasteiger partial charge in [0.25, 0.3) is 0 Å². The van der Waals surface area contributed by atoms with Crippen LogP contribution in [0, 0.1) is 28.6 Å². The molecule has 4 aliphatic rings. The summed E-state index contributed by atoms with van der Waals surface area (Å²) < 4.78 is 11.0. The van der Waals surface area contributed by atoms with Crippen LogP contribution in [0.4, 0.5) is 0 Å². The van der Waals surface area contributed by atoms with Crippen LogP contribution in [-0.2, 0) is 9.53 Å². The molecular weight excluding hydrogens is 408 g/mol. The van der Waals surface area contributed by atoms with E-state index in [0.717, 1.165) is 50.5 Å². The van der Waals surface area contributed by atoms with Crippen molar-refractivity contribution in [2.24, 2.45) is 28.6 Å². The van der Waals surface area contributed by atoms with Gasteiger partial charge in [-0.1, -0.05) is 13.8 Å². The number of carbonyl (C=O) groups is 1. The highest BCUT2D eigenvalue weighted by Crippen LogP contribution is 2.70. The molecule has 1 heterocycles. The molecule has 6 nitrogen and oxygen atoms in total. The van der Waals surface area contributed by atoms with E-state index < -0.39 is 22.7 Å². The Kier molecular flexibility index (Phi) is 5.14. The molecule has 2 N–H and O–H groups in total. The number of carbonyl (C=O) groups excluding carboxylic acids is 1. The molecular formula is C26H36O6. The van der Waals surface area contributed by atoms with E-state index in [1.807, 2.05) is 0 Å². The molecule has 176 valence electrons.